The molecule has 0 heterocycles. The number of nitrogens with one attached hydrogen (secondary N) is 1. The van der Waals surface area contributed by atoms with Gasteiger partial charge in [-0.25, -0.2) is 0 Å². The van der Waals surface area contributed by atoms with Gasteiger partial charge in [0.15, 0.2) is 0 Å². The van der Waals surface area contributed by atoms with Crippen molar-refractivity contribution < 1.29 is 4.79 Å². The lowest BCUT2D eigenvalue weighted by Gasteiger charge is -2.09. The van der Waals surface area contributed by atoms with Crippen molar-refractivity contribution in [3.8, 4) is 6.07 Å². The van der Waals surface area contributed by atoms with Crippen molar-refractivity contribution in [1.29, 1.82) is 5.26 Å². The highest BCUT2D eigenvalue weighted by atomic mass is 16.1. The Morgan fingerprint density at radius 1 is 1.50 bits per heavy atom. The smallest absolute Gasteiger partial charge is 0.217 e. The molecule has 1 N–H and O–H groups in total. The topological polar surface area (TPSA) is 52.9 Å². The molecular weight excluding hydrogens is 176 g/mol. The number of hydrogen-bond acceptors (Lipinski definition) is 2. The van der Waals surface area contributed by atoms with Gasteiger partial charge in [-0.2, -0.15) is 5.26 Å². The Balaban J connectivity index is 2.58. The maximum Gasteiger partial charge on any atom is 0.217 e. The van der Waals surface area contributed by atoms with Gasteiger partial charge in [0.1, 0.15) is 6.04 Å². The zero-order chi connectivity index (χ0) is 10.4. The summed E-state index contributed by atoms with van der Waals surface area (Å²) in [4.78, 5) is 10.7. The van der Waals surface area contributed by atoms with E-state index in [0.717, 1.165) is 5.56 Å². The molecule has 0 spiro atoms. The first-order chi connectivity index (χ1) is 6.72. The maximum atomic E-state index is 10.7. The second-order valence-electron chi connectivity index (χ2n) is 3.07. The predicted molar refractivity (Wildman–Crippen MR) is 53.4 cm³/mol. The van der Waals surface area contributed by atoms with E-state index in [4.69, 9.17) is 5.26 Å². The Morgan fingerprint density at radius 3 is 2.64 bits per heavy atom. The molecule has 0 unspecified atom stereocenters. The van der Waals surface area contributed by atoms with E-state index >= 15 is 0 Å². The average molecular weight is 188 g/mol. The highest BCUT2D eigenvalue weighted by Gasteiger charge is 2.08. The van der Waals surface area contributed by atoms with Crippen LogP contribution in [0.2, 0.25) is 0 Å². The van der Waals surface area contributed by atoms with E-state index < -0.39 is 6.04 Å². The second kappa shape index (κ2) is 5.03. The second-order valence-corrected chi connectivity index (χ2v) is 3.07. The van der Waals surface area contributed by atoms with Crippen LogP contribution in [0.15, 0.2) is 30.3 Å². The number of nitrogens with zero attached hydrogens (tertiary/aromatic N) is 1. The van der Waals surface area contributed by atoms with Crippen LogP contribution in [-0.4, -0.2) is 11.9 Å². The molecule has 1 amide bonds. The van der Waals surface area contributed by atoms with E-state index in [-0.39, 0.29) is 5.91 Å². The van der Waals surface area contributed by atoms with Gasteiger partial charge in [0.25, 0.3) is 0 Å². The van der Waals surface area contributed by atoms with Gasteiger partial charge in [-0.15, -0.1) is 0 Å². The van der Waals surface area contributed by atoms with Gasteiger partial charge in [-0.3, -0.25) is 4.79 Å². The SMILES string of the molecule is CC(=O)N[C@H](C#N)Cc1ccccc1. The van der Waals surface area contributed by atoms with Gasteiger partial charge in [-0.05, 0) is 5.56 Å². The minimum Gasteiger partial charge on any atom is -0.340 e. The first-order valence-electron chi connectivity index (χ1n) is 4.43. The molecule has 0 saturated carbocycles. The van der Waals surface area contributed by atoms with Crippen LogP contribution in [0.3, 0.4) is 0 Å². The third kappa shape index (κ3) is 3.28. The van der Waals surface area contributed by atoms with E-state index in [2.05, 4.69) is 5.32 Å². The molecule has 3 heteroatoms. The largest absolute Gasteiger partial charge is 0.340 e. The molecule has 0 aliphatic carbocycles. The normalized spacial score (nSPS) is 11.4. The minimum atomic E-state index is -0.435. The lowest BCUT2D eigenvalue weighted by Crippen LogP contribution is -2.33. The van der Waals surface area contributed by atoms with E-state index in [1.54, 1.807) is 0 Å². The molecule has 0 aromatic heterocycles. The standard InChI is InChI=1S/C11H12N2O/c1-9(14)13-11(8-12)7-10-5-3-2-4-6-10/h2-6,11H,7H2,1H3,(H,13,14)/t11-/m0/s1. The quantitative estimate of drug-likeness (QED) is 0.776. The summed E-state index contributed by atoms with van der Waals surface area (Å²) < 4.78 is 0. The summed E-state index contributed by atoms with van der Waals surface area (Å²) in [5.74, 6) is -0.174. The molecule has 14 heavy (non-hydrogen) atoms. The van der Waals surface area contributed by atoms with Crippen LogP contribution >= 0.6 is 0 Å². The summed E-state index contributed by atoms with van der Waals surface area (Å²) in [5.41, 5.74) is 1.05. The number of hydrogen-bond donors (Lipinski definition) is 1. The molecule has 1 rings (SSSR count). The third-order valence-electron chi connectivity index (χ3n) is 1.82. The van der Waals surface area contributed by atoms with Crippen molar-refractivity contribution in [2.45, 2.75) is 19.4 Å². The molecule has 3 nitrogen and oxygen atoms in total. The molecule has 0 fully saturated rings. The summed E-state index contributed by atoms with van der Waals surface area (Å²) >= 11 is 0. The van der Waals surface area contributed by atoms with Crippen LogP contribution in [0.25, 0.3) is 0 Å². The lowest BCUT2D eigenvalue weighted by molar-refractivity contribution is -0.119. The van der Waals surface area contributed by atoms with E-state index in [9.17, 15) is 4.79 Å². The summed E-state index contributed by atoms with van der Waals surface area (Å²) in [6.07, 6.45) is 0.552. The van der Waals surface area contributed by atoms with Crippen LogP contribution < -0.4 is 5.32 Å². The van der Waals surface area contributed by atoms with Gasteiger partial charge in [0, 0.05) is 13.3 Å². The fraction of sp³-hybridized carbons (Fsp3) is 0.273. The molecule has 1 aromatic rings. The van der Waals surface area contributed by atoms with Crippen molar-refractivity contribution in [3.05, 3.63) is 35.9 Å². The minimum absolute atomic E-state index is 0.174. The molecule has 72 valence electrons. The number of benzene rings is 1. The van der Waals surface area contributed by atoms with Crippen molar-refractivity contribution in [2.24, 2.45) is 0 Å². The summed E-state index contributed by atoms with van der Waals surface area (Å²) in [5, 5.41) is 11.3. The molecular formula is C11H12N2O. The van der Waals surface area contributed by atoms with Crippen molar-refractivity contribution in [3.63, 3.8) is 0 Å². The van der Waals surface area contributed by atoms with Gasteiger partial charge in [-0.1, -0.05) is 30.3 Å². The first-order valence-corrected chi connectivity index (χ1v) is 4.43. The zero-order valence-electron chi connectivity index (χ0n) is 8.03. The van der Waals surface area contributed by atoms with Crippen LogP contribution in [0.5, 0.6) is 0 Å². The van der Waals surface area contributed by atoms with E-state index in [0.29, 0.717) is 6.42 Å². The summed E-state index contributed by atoms with van der Waals surface area (Å²) in [6, 6.07) is 11.2. The zero-order valence-corrected chi connectivity index (χ0v) is 8.03. The Morgan fingerprint density at radius 2 is 2.14 bits per heavy atom. The van der Waals surface area contributed by atoms with Gasteiger partial charge >= 0.3 is 0 Å². The van der Waals surface area contributed by atoms with Crippen LogP contribution in [0.4, 0.5) is 0 Å². The molecule has 0 bridgehead atoms. The van der Waals surface area contributed by atoms with Crippen molar-refractivity contribution in [1.82, 2.24) is 5.32 Å². The molecule has 0 radical (unpaired) electrons. The lowest BCUT2D eigenvalue weighted by atomic mass is 10.1. The fourth-order valence-corrected chi connectivity index (χ4v) is 1.22. The first kappa shape index (κ1) is 10.3. The van der Waals surface area contributed by atoms with E-state index in [1.807, 2.05) is 36.4 Å². The highest BCUT2D eigenvalue weighted by Crippen LogP contribution is 2.02. The Hall–Kier alpha value is -1.82. The number of nitriles is 1. The monoisotopic (exact) mass is 188 g/mol. The predicted octanol–water partition coefficient (Wildman–Crippen LogP) is 1.26. The number of amides is 1. The van der Waals surface area contributed by atoms with Crippen molar-refractivity contribution >= 4 is 5.91 Å². The summed E-state index contributed by atoms with van der Waals surface area (Å²) in [6.45, 7) is 1.41. The Kier molecular flexibility index (Phi) is 3.69. The fourth-order valence-electron chi connectivity index (χ4n) is 1.22. The summed E-state index contributed by atoms with van der Waals surface area (Å²) in [7, 11) is 0. The van der Waals surface area contributed by atoms with Crippen LogP contribution in [-0.2, 0) is 11.2 Å². The van der Waals surface area contributed by atoms with Gasteiger partial charge in [0.05, 0.1) is 6.07 Å². The molecule has 1 atom stereocenters. The number of carbonyl (C=O) groups is 1. The van der Waals surface area contributed by atoms with Gasteiger partial charge < -0.3 is 5.32 Å². The maximum absolute atomic E-state index is 10.7. The van der Waals surface area contributed by atoms with Gasteiger partial charge in [0.2, 0.25) is 5.91 Å². The third-order valence-corrected chi connectivity index (χ3v) is 1.82. The Labute approximate surface area is 83.4 Å². The van der Waals surface area contributed by atoms with Crippen molar-refractivity contribution in [2.75, 3.05) is 0 Å². The average Bonchev–Trinajstić information content (AvgIpc) is 2.17. The number of carbonyl (C=O) groups excluding carboxylic acids is 1. The molecule has 0 saturated heterocycles. The van der Waals surface area contributed by atoms with Crippen LogP contribution in [0.1, 0.15) is 12.5 Å². The number of rotatable bonds is 3. The Bertz CT molecular complexity index is 340. The van der Waals surface area contributed by atoms with E-state index in [1.165, 1.54) is 6.92 Å². The van der Waals surface area contributed by atoms with Crippen LogP contribution in [0, 0.1) is 11.3 Å². The molecule has 0 aliphatic heterocycles. The molecule has 1 aromatic carbocycles. The molecule has 0 aliphatic rings. The highest BCUT2D eigenvalue weighted by molar-refractivity contribution is 5.73.